The van der Waals surface area contributed by atoms with Gasteiger partial charge in [-0.1, -0.05) is 6.92 Å². The number of hydrogen-bond acceptors (Lipinski definition) is 5. The Morgan fingerprint density at radius 1 is 1.47 bits per heavy atom. The van der Waals surface area contributed by atoms with Gasteiger partial charge >= 0.3 is 6.09 Å². The van der Waals surface area contributed by atoms with Gasteiger partial charge in [0.1, 0.15) is 6.61 Å². The molecule has 8 heteroatoms. The van der Waals surface area contributed by atoms with Gasteiger partial charge in [-0.05, 0) is 6.42 Å². The molecule has 1 amide bonds. The molecule has 0 aromatic rings. The molecule has 102 valence electrons. The molecule has 2 N–H and O–H groups in total. The Labute approximate surface area is 102 Å². The van der Waals surface area contributed by atoms with Crippen molar-refractivity contribution in [3.05, 3.63) is 0 Å². The monoisotopic (exact) mass is 268 g/mol. The number of amides is 1. The molecule has 0 radical (unpaired) electrons. The lowest BCUT2D eigenvalue weighted by atomic mass is 10.4. The molecule has 17 heavy (non-hydrogen) atoms. The summed E-state index contributed by atoms with van der Waals surface area (Å²) in [6, 6.07) is 0. The second-order valence-corrected chi connectivity index (χ2v) is 5.38. The molecule has 0 rings (SSSR count). The molecular weight excluding hydrogens is 248 g/mol. The largest absolute Gasteiger partial charge is 0.447 e. The van der Waals surface area contributed by atoms with Gasteiger partial charge in [-0.2, -0.15) is 0 Å². The normalized spacial score (nSPS) is 11.5. The van der Waals surface area contributed by atoms with E-state index in [1.165, 1.54) is 4.31 Å². The molecule has 0 unspecified atom stereocenters. The zero-order valence-corrected chi connectivity index (χ0v) is 11.0. The van der Waals surface area contributed by atoms with Crippen LogP contribution in [0.5, 0.6) is 0 Å². The van der Waals surface area contributed by atoms with Crippen LogP contribution >= 0.6 is 0 Å². The van der Waals surface area contributed by atoms with Crippen molar-refractivity contribution in [1.82, 2.24) is 9.62 Å². The molecule has 0 aliphatic rings. The quantitative estimate of drug-likeness (QED) is 0.572. The maximum atomic E-state index is 11.2. The van der Waals surface area contributed by atoms with Crippen molar-refractivity contribution < 1.29 is 23.1 Å². The van der Waals surface area contributed by atoms with Crippen LogP contribution in [0.3, 0.4) is 0 Å². The van der Waals surface area contributed by atoms with Crippen molar-refractivity contribution >= 4 is 16.1 Å². The lowest BCUT2D eigenvalue weighted by molar-refractivity contribution is 0.119. The van der Waals surface area contributed by atoms with Gasteiger partial charge < -0.3 is 15.2 Å². The number of alkyl carbamates (subject to hydrolysis) is 1. The highest BCUT2D eigenvalue weighted by Crippen LogP contribution is 1.98. The van der Waals surface area contributed by atoms with Crippen LogP contribution < -0.4 is 5.32 Å². The van der Waals surface area contributed by atoms with Gasteiger partial charge in [-0.15, -0.1) is 0 Å². The number of aliphatic hydroxyl groups is 1. The maximum absolute atomic E-state index is 11.2. The smallest absolute Gasteiger partial charge is 0.407 e. The average molecular weight is 268 g/mol. The zero-order valence-electron chi connectivity index (χ0n) is 10.2. The van der Waals surface area contributed by atoms with E-state index in [-0.39, 0.29) is 13.2 Å². The molecule has 0 saturated heterocycles. The molecule has 0 aliphatic carbocycles. The number of carbonyl (C=O) groups excluding carboxylic acids is 1. The van der Waals surface area contributed by atoms with Crippen LogP contribution in [0.25, 0.3) is 0 Å². The standard InChI is InChI=1S/C9H20N2O5S/c1-3-11(17(2,14)15)6-4-5-10-9(13)16-8-7-12/h12H,3-8H2,1-2H3,(H,10,13). The van der Waals surface area contributed by atoms with Crippen LogP contribution in [0.15, 0.2) is 0 Å². The Morgan fingerprint density at radius 3 is 2.59 bits per heavy atom. The van der Waals surface area contributed by atoms with Gasteiger partial charge in [0.05, 0.1) is 12.9 Å². The van der Waals surface area contributed by atoms with Gasteiger partial charge in [-0.3, -0.25) is 0 Å². The van der Waals surface area contributed by atoms with E-state index in [0.717, 1.165) is 6.26 Å². The highest BCUT2D eigenvalue weighted by atomic mass is 32.2. The van der Waals surface area contributed by atoms with Crippen LogP contribution in [0, 0.1) is 0 Å². The predicted molar refractivity (Wildman–Crippen MR) is 63.1 cm³/mol. The van der Waals surface area contributed by atoms with E-state index in [1.807, 2.05) is 0 Å². The Morgan fingerprint density at radius 2 is 2.12 bits per heavy atom. The number of aliphatic hydroxyl groups excluding tert-OH is 1. The Hall–Kier alpha value is -0.860. The Balaban J connectivity index is 3.73. The fourth-order valence-corrected chi connectivity index (χ4v) is 2.12. The first-order chi connectivity index (χ1) is 7.91. The summed E-state index contributed by atoms with van der Waals surface area (Å²) in [5.41, 5.74) is 0. The van der Waals surface area contributed by atoms with Gasteiger partial charge in [0.25, 0.3) is 0 Å². The topological polar surface area (TPSA) is 95.9 Å². The van der Waals surface area contributed by atoms with Crippen molar-refractivity contribution in [1.29, 1.82) is 0 Å². The molecule has 0 aromatic heterocycles. The van der Waals surface area contributed by atoms with Crippen molar-refractivity contribution in [3.8, 4) is 0 Å². The average Bonchev–Trinajstić information content (AvgIpc) is 2.24. The fourth-order valence-electron chi connectivity index (χ4n) is 1.19. The maximum Gasteiger partial charge on any atom is 0.407 e. The first kappa shape index (κ1) is 16.1. The molecule has 0 heterocycles. The van der Waals surface area contributed by atoms with E-state index in [4.69, 9.17) is 5.11 Å². The summed E-state index contributed by atoms with van der Waals surface area (Å²) in [5, 5.41) is 10.9. The van der Waals surface area contributed by atoms with Gasteiger partial charge in [0.2, 0.25) is 10.0 Å². The number of carbonyl (C=O) groups is 1. The summed E-state index contributed by atoms with van der Waals surface area (Å²) in [4.78, 5) is 10.9. The summed E-state index contributed by atoms with van der Waals surface area (Å²) in [5.74, 6) is 0. The lowest BCUT2D eigenvalue weighted by Crippen LogP contribution is -2.33. The second-order valence-electron chi connectivity index (χ2n) is 3.39. The van der Waals surface area contributed by atoms with E-state index in [1.54, 1.807) is 6.92 Å². The fraction of sp³-hybridized carbons (Fsp3) is 0.889. The molecule has 0 aromatic carbocycles. The minimum absolute atomic E-state index is 0.0454. The van der Waals surface area contributed by atoms with Crippen molar-refractivity contribution in [2.24, 2.45) is 0 Å². The highest BCUT2D eigenvalue weighted by Gasteiger charge is 2.13. The molecule has 0 saturated carbocycles. The first-order valence-electron chi connectivity index (χ1n) is 5.38. The first-order valence-corrected chi connectivity index (χ1v) is 7.23. The molecule has 0 bridgehead atoms. The summed E-state index contributed by atoms with van der Waals surface area (Å²) >= 11 is 0. The van der Waals surface area contributed by atoms with E-state index >= 15 is 0 Å². The van der Waals surface area contributed by atoms with Crippen LogP contribution in [-0.4, -0.2) is 63.0 Å². The Bertz CT molecular complexity index is 317. The minimum Gasteiger partial charge on any atom is -0.447 e. The minimum atomic E-state index is -3.17. The van der Waals surface area contributed by atoms with E-state index in [0.29, 0.717) is 26.1 Å². The van der Waals surface area contributed by atoms with Crippen LogP contribution in [0.1, 0.15) is 13.3 Å². The van der Waals surface area contributed by atoms with Gasteiger partial charge in [-0.25, -0.2) is 17.5 Å². The van der Waals surface area contributed by atoms with Crippen molar-refractivity contribution in [3.63, 3.8) is 0 Å². The summed E-state index contributed by atoms with van der Waals surface area (Å²) in [6.45, 7) is 2.59. The SMILES string of the molecule is CCN(CCCNC(=O)OCCO)S(C)(=O)=O. The third-order valence-electron chi connectivity index (χ3n) is 2.00. The summed E-state index contributed by atoms with van der Waals surface area (Å²) in [6.07, 6.45) is 1.05. The van der Waals surface area contributed by atoms with E-state index in [9.17, 15) is 13.2 Å². The summed E-state index contributed by atoms with van der Waals surface area (Å²) in [7, 11) is -3.17. The van der Waals surface area contributed by atoms with Crippen LogP contribution in [-0.2, 0) is 14.8 Å². The van der Waals surface area contributed by atoms with E-state index in [2.05, 4.69) is 10.1 Å². The van der Waals surface area contributed by atoms with Crippen LogP contribution in [0.4, 0.5) is 4.79 Å². The highest BCUT2D eigenvalue weighted by molar-refractivity contribution is 7.88. The zero-order chi connectivity index (χ0) is 13.3. The van der Waals surface area contributed by atoms with Crippen molar-refractivity contribution in [2.45, 2.75) is 13.3 Å². The molecule has 0 aliphatic heterocycles. The third kappa shape index (κ3) is 7.94. The summed E-state index contributed by atoms with van der Waals surface area (Å²) < 4.78 is 28.3. The number of sulfonamides is 1. The number of rotatable bonds is 8. The number of ether oxygens (including phenoxy) is 1. The van der Waals surface area contributed by atoms with Crippen LogP contribution in [0.2, 0.25) is 0 Å². The molecule has 0 spiro atoms. The number of nitrogens with one attached hydrogen (secondary N) is 1. The van der Waals surface area contributed by atoms with Gasteiger partial charge in [0, 0.05) is 19.6 Å². The lowest BCUT2D eigenvalue weighted by Gasteiger charge is -2.17. The van der Waals surface area contributed by atoms with Crippen molar-refractivity contribution in [2.75, 3.05) is 39.1 Å². The molecule has 0 fully saturated rings. The second kappa shape index (κ2) is 8.26. The predicted octanol–water partition coefficient (Wildman–Crippen LogP) is -0.623. The molecular formula is C9H20N2O5S. The third-order valence-corrected chi connectivity index (χ3v) is 3.38. The van der Waals surface area contributed by atoms with Gasteiger partial charge in [0.15, 0.2) is 0 Å². The number of nitrogens with zero attached hydrogens (tertiary/aromatic N) is 1. The van der Waals surface area contributed by atoms with E-state index < -0.39 is 16.1 Å². The molecule has 0 atom stereocenters. The molecule has 7 nitrogen and oxygen atoms in total. The number of hydrogen-bond donors (Lipinski definition) is 2. The Kier molecular flexibility index (Phi) is 7.85.